The van der Waals surface area contributed by atoms with Crippen molar-refractivity contribution in [2.45, 2.75) is 44.8 Å². The molecule has 4 rings (SSSR count). The fourth-order valence-corrected chi connectivity index (χ4v) is 4.87. The minimum atomic E-state index is -1.78. The molecule has 0 aromatic heterocycles. The lowest BCUT2D eigenvalue weighted by atomic mass is 9.83. The summed E-state index contributed by atoms with van der Waals surface area (Å²) < 4.78 is 21.0. The van der Waals surface area contributed by atoms with Crippen molar-refractivity contribution in [2.75, 3.05) is 25.9 Å². The molecule has 1 heterocycles. The number of alkyl halides is 1. The number of Topliss-reactive ketones (excluding diaryl/α,β-unsaturated/α-hetero) is 1. The van der Waals surface area contributed by atoms with E-state index in [9.17, 15) is 4.79 Å². The minimum absolute atomic E-state index is 0.190. The molecule has 29 heavy (non-hydrogen) atoms. The average Bonchev–Trinajstić information content (AvgIpc) is 2.92. The van der Waals surface area contributed by atoms with Gasteiger partial charge in [0.15, 0.2) is 5.67 Å². The molecule has 0 saturated carbocycles. The van der Waals surface area contributed by atoms with Crippen molar-refractivity contribution in [3.05, 3.63) is 58.7 Å². The van der Waals surface area contributed by atoms with Crippen molar-refractivity contribution in [3.8, 4) is 5.75 Å². The third-order valence-corrected chi connectivity index (χ3v) is 6.42. The Morgan fingerprint density at radius 2 is 2.00 bits per heavy atom. The van der Waals surface area contributed by atoms with Crippen molar-refractivity contribution in [3.63, 3.8) is 0 Å². The second-order valence-corrected chi connectivity index (χ2v) is 8.62. The Balaban J connectivity index is 1.37. The first-order valence-corrected chi connectivity index (χ1v) is 10.4. The monoisotopic (exact) mass is 396 g/mol. The number of nitrogens with two attached hydrogens (primary N) is 1. The summed E-state index contributed by atoms with van der Waals surface area (Å²) in [7, 11) is 1.58. The number of hydrogen-bond acceptors (Lipinski definition) is 4. The van der Waals surface area contributed by atoms with Gasteiger partial charge in [0.05, 0.1) is 7.11 Å². The second-order valence-electron chi connectivity index (χ2n) is 8.62. The van der Waals surface area contributed by atoms with E-state index in [0.29, 0.717) is 17.7 Å². The van der Waals surface area contributed by atoms with Gasteiger partial charge in [0.25, 0.3) is 0 Å². The molecule has 1 unspecified atom stereocenters. The summed E-state index contributed by atoms with van der Waals surface area (Å²) in [6.07, 6.45) is 2.34. The number of likely N-dealkylation sites (tertiary alicyclic amines) is 1. The molecule has 154 valence electrons. The SMILES string of the molecule is COc1cc2c(cc1C)CC(F)(CC1CCN(Cc3cccc(N)c3)CC1)C2=O. The number of fused-ring (bicyclic) bond motifs is 1. The fraction of sp³-hybridized carbons (Fsp3) is 0.458. The van der Waals surface area contributed by atoms with Gasteiger partial charge in [-0.3, -0.25) is 9.69 Å². The van der Waals surface area contributed by atoms with Gasteiger partial charge < -0.3 is 10.5 Å². The Bertz CT molecular complexity index is 921. The number of nitrogen functional groups attached to an aromatic ring is 1. The highest BCUT2D eigenvalue weighted by Gasteiger charge is 2.47. The van der Waals surface area contributed by atoms with Gasteiger partial charge >= 0.3 is 0 Å². The molecule has 0 amide bonds. The molecule has 2 aromatic rings. The van der Waals surface area contributed by atoms with E-state index in [1.54, 1.807) is 13.2 Å². The Morgan fingerprint density at radius 3 is 2.69 bits per heavy atom. The van der Waals surface area contributed by atoms with Crippen LogP contribution in [0.2, 0.25) is 0 Å². The van der Waals surface area contributed by atoms with Crippen LogP contribution >= 0.6 is 0 Å². The molecule has 1 fully saturated rings. The van der Waals surface area contributed by atoms with E-state index < -0.39 is 5.67 Å². The van der Waals surface area contributed by atoms with Crippen molar-refractivity contribution in [1.29, 1.82) is 0 Å². The largest absolute Gasteiger partial charge is 0.496 e. The first-order chi connectivity index (χ1) is 13.9. The molecule has 2 aromatic carbocycles. The highest BCUT2D eigenvalue weighted by molar-refractivity contribution is 6.07. The maximum absolute atomic E-state index is 15.7. The van der Waals surface area contributed by atoms with Gasteiger partial charge in [0.2, 0.25) is 5.78 Å². The minimum Gasteiger partial charge on any atom is -0.496 e. The zero-order chi connectivity index (χ0) is 20.6. The zero-order valence-electron chi connectivity index (χ0n) is 17.2. The summed E-state index contributed by atoms with van der Waals surface area (Å²) in [4.78, 5) is 15.2. The van der Waals surface area contributed by atoms with Gasteiger partial charge in [-0.2, -0.15) is 0 Å². The predicted octanol–water partition coefficient (Wildman–Crippen LogP) is 4.34. The number of aryl methyl sites for hydroxylation is 1. The van der Waals surface area contributed by atoms with Gasteiger partial charge in [-0.25, -0.2) is 4.39 Å². The molecular formula is C24H29FN2O2. The number of carbonyl (C=O) groups excluding carboxylic acids is 1. The van der Waals surface area contributed by atoms with Gasteiger partial charge in [-0.15, -0.1) is 0 Å². The van der Waals surface area contributed by atoms with E-state index in [0.717, 1.165) is 49.3 Å². The third-order valence-electron chi connectivity index (χ3n) is 6.42. The van der Waals surface area contributed by atoms with Crippen LogP contribution in [0.4, 0.5) is 10.1 Å². The van der Waals surface area contributed by atoms with Crippen LogP contribution in [0, 0.1) is 12.8 Å². The topological polar surface area (TPSA) is 55.6 Å². The Labute approximate surface area is 171 Å². The third kappa shape index (κ3) is 4.01. The van der Waals surface area contributed by atoms with Gasteiger partial charge in [0, 0.05) is 24.2 Å². The van der Waals surface area contributed by atoms with Gasteiger partial charge in [-0.05, 0) is 80.1 Å². The van der Waals surface area contributed by atoms with Gasteiger partial charge in [0.1, 0.15) is 5.75 Å². The second kappa shape index (κ2) is 7.79. The van der Waals surface area contributed by atoms with Crippen LogP contribution in [0.3, 0.4) is 0 Å². The van der Waals surface area contributed by atoms with E-state index in [1.165, 1.54) is 5.56 Å². The number of nitrogens with zero attached hydrogens (tertiary/aromatic N) is 1. The van der Waals surface area contributed by atoms with Crippen LogP contribution in [0.5, 0.6) is 5.75 Å². The summed E-state index contributed by atoms with van der Waals surface area (Å²) in [5.41, 5.74) is 8.33. The van der Waals surface area contributed by atoms with Crippen LogP contribution in [-0.4, -0.2) is 36.6 Å². The molecule has 0 bridgehead atoms. The standard InChI is InChI=1S/C24H29FN2O2/c1-16-10-19-14-24(25,23(28)21(19)12-22(16)29-2)13-17-6-8-27(9-7-17)15-18-4-3-5-20(26)11-18/h3-5,10-12,17H,6-9,13-15,26H2,1-2H3. The Hall–Kier alpha value is -2.40. The maximum atomic E-state index is 15.7. The Kier molecular flexibility index (Phi) is 5.34. The highest BCUT2D eigenvalue weighted by atomic mass is 19.1. The molecule has 0 spiro atoms. The fourth-order valence-electron chi connectivity index (χ4n) is 4.87. The number of hydrogen-bond donors (Lipinski definition) is 1. The molecule has 4 nitrogen and oxygen atoms in total. The van der Waals surface area contributed by atoms with Crippen molar-refractivity contribution in [1.82, 2.24) is 4.90 Å². The summed E-state index contributed by atoms with van der Waals surface area (Å²) >= 11 is 0. The van der Waals surface area contributed by atoms with E-state index in [-0.39, 0.29) is 18.1 Å². The maximum Gasteiger partial charge on any atom is 0.200 e. The Morgan fingerprint density at radius 1 is 1.24 bits per heavy atom. The molecule has 0 radical (unpaired) electrons. The molecule has 1 atom stereocenters. The summed E-state index contributed by atoms with van der Waals surface area (Å²) in [5.74, 6) is 0.516. The normalized spacial score (nSPS) is 22.7. The number of carbonyl (C=O) groups is 1. The number of ketones is 1. The molecule has 2 aliphatic rings. The number of halogens is 1. The van der Waals surface area contributed by atoms with Crippen molar-refractivity contribution < 1.29 is 13.9 Å². The summed E-state index contributed by atoms with van der Waals surface area (Å²) in [6.45, 7) is 4.63. The summed E-state index contributed by atoms with van der Waals surface area (Å²) in [6, 6.07) is 11.6. The first kappa shape index (κ1) is 19.9. The molecule has 5 heteroatoms. The van der Waals surface area contributed by atoms with E-state index in [4.69, 9.17) is 10.5 Å². The van der Waals surface area contributed by atoms with E-state index >= 15 is 4.39 Å². The van der Waals surface area contributed by atoms with Crippen molar-refractivity contribution in [2.24, 2.45) is 5.92 Å². The molecule has 1 aliphatic heterocycles. The number of rotatable bonds is 5. The number of benzene rings is 2. The number of ether oxygens (including phenoxy) is 1. The number of anilines is 1. The van der Waals surface area contributed by atoms with Crippen LogP contribution in [0.25, 0.3) is 0 Å². The number of piperidine rings is 1. The smallest absolute Gasteiger partial charge is 0.200 e. The highest BCUT2D eigenvalue weighted by Crippen LogP contribution is 2.41. The lowest BCUT2D eigenvalue weighted by Crippen LogP contribution is -2.38. The van der Waals surface area contributed by atoms with Crippen LogP contribution < -0.4 is 10.5 Å². The van der Waals surface area contributed by atoms with E-state index in [2.05, 4.69) is 11.0 Å². The molecule has 1 saturated heterocycles. The lowest BCUT2D eigenvalue weighted by Gasteiger charge is -2.34. The quantitative estimate of drug-likeness (QED) is 0.764. The summed E-state index contributed by atoms with van der Waals surface area (Å²) in [5, 5.41) is 0. The molecule has 2 N–H and O–H groups in total. The first-order valence-electron chi connectivity index (χ1n) is 10.4. The zero-order valence-corrected chi connectivity index (χ0v) is 17.2. The van der Waals surface area contributed by atoms with Crippen LogP contribution in [-0.2, 0) is 13.0 Å². The van der Waals surface area contributed by atoms with Gasteiger partial charge in [-0.1, -0.05) is 18.2 Å². The molecule has 1 aliphatic carbocycles. The van der Waals surface area contributed by atoms with E-state index in [1.807, 2.05) is 31.2 Å². The van der Waals surface area contributed by atoms with Crippen LogP contribution in [0.1, 0.15) is 46.3 Å². The van der Waals surface area contributed by atoms with Crippen molar-refractivity contribution >= 4 is 11.5 Å². The lowest BCUT2D eigenvalue weighted by molar-refractivity contribution is 0.0587. The average molecular weight is 397 g/mol. The molecular weight excluding hydrogens is 367 g/mol. The van der Waals surface area contributed by atoms with Crippen LogP contribution in [0.15, 0.2) is 36.4 Å². The predicted molar refractivity (Wildman–Crippen MR) is 113 cm³/mol. The number of methoxy groups -OCH3 is 1.